The van der Waals surface area contributed by atoms with Gasteiger partial charge in [-0.05, 0) is 5.92 Å². The smallest absolute Gasteiger partial charge is 0.0589 e. The van der Waals surface area contributed by atoms with Crippen molar-refractivity contribution in [2.45, 2.75) is 13.8 Å². The number of methoxy groups -OCH3 is 1. The van der Waals surface area contributed by atoms with Crippen LogP contribution in [0.5, 0.6) is 0 Å². The number of aliphatic hydroxyl groups is 1. The monoisotopic (exact) mass is 175 g/mol. The standard InChI is InChI=1S/C9H21NO2/c1-9(2)8-10(4-6-11)5-7-12-3/h9,11H,4-8H2,1-3H3. The Morgan fingerprint density at radius 2 is 2.00 bits per heavy atom. The second-order valence-corrected chi connectivity index (χ2v) is 3.41. The lowest BCUT2D eigenvalue weighted by Crippen LogP contribution is -2.33. The lowest BCUT2D eigenvalue weighted by atomic mass is 10.2. The number of aliphatic hydroxyl groups excluding tert-OH is 1. The molecule has 0 saturated carbocycles. The van der Waals surface area contributed by atoms with Gasteiger partial charge in [-0.25, -0.2) is 0 Å². The predicted octanol–water partition coefficient (Wildman–Crippen LogP) is 0.583. The molecule has 0 radical (unpaired) electrons. The van der Waals surface area contributed by atoms with Gasteiger partial charge in [0, 0.05) is 26.7 Å². The van der Waals surface area contributed by atoms with Crippen LogP contribution in [0.4, 0.5) is 0 Å². The third-order valence-corrected chi connectivity index (χ3v) is 1.65. The summed E-state index contributed by atoms with van der Waals surface area (Å²) < 4.78 is 4.98. The van der Waals surface area contributed by atoms with Crippen LogP contribution in [-0.4, -0.2) is 50.0 Å². The molecule has 0 unspecified atom stereocenters. The fraction of sp³-hybridized carbons (Fsp3) is 1.00. The van der Waals surface area contributed by atoms with Crippen molar-refractivity contribution in [1.82, 2.24) is 4.90 Å². The van der Waals surface area contributed by atoms with Gasteiger partial charge in [0.25, 0.3) is 0 Å². The van der Waals surface area contributed by atoms with Crippen LogP contribution < -0.4 is 0 Å². The molecule has 0 rings (SSSR count). The van der Waals surface area contributed by atoms with E-state index < -0.39 is 0 Å². The van der Waals surface area contributed by atoms with Gasteiger partial charge in [-0.15, -0.1) is 0 Å². The highest BCUT2D eigenvalue weighted by atomic mass is 16.5. The summed E-state index contributed by atoms with van der Waals surface area (Å²) in [6.45, 7) is 8.03. The van der Waals surface area contributed by atoms with Crippen molar-refractivity contribution in [3.8, 4) is 0 Å². The number of nitrogens with zero attached hydrogens (tertiary/aromatic N) is 1. The van der Waals surface area contributed by atoms with E-state index in [0.29, 0.717) is 5.92 Å². The van der Waals surface area contributed by atoms with Gasteiger partial charge < -0.3 is 9.84 Å². The minimum absolute atomic E-state index is 0.233. The third kappa shape index (κ3) is 6.58. The Kier molecular flexibility index (Phi) is 7.45. The normalized spacial score (nSPS) is 11.5. The first-order valence-corrected chi connectivity index (χ1v) is 4.52. The van der Waals surface area contributed by atoms with Gasteiger partial charge in [0.15, 0.2) is 0 Å². The van der Waals surface area contributed by atoms with E-state index in [-0.39, 0.29) is 6.61 Å². The van der Waals surface area contributed by atoms with Gasteiger partial charge >= 0.3 is 0 Å². The highest BCUT2D eigenvalue weighted by molar-refractivity contribution is 4.58. The van der Waals surface area contributed by atoms with E-state index in [2.05, 4.69) is 18.7 Å². The molecule has 1 N–H and O–H groups in total. The van der Waals surface area contributed by atoms with Gasteiger partial charge in [-0.3, -0.25) is 4.90 Å². The predicted molar refractivity (Wildman–Crippen MR) is 50.2 cm³/mol. The minimum atomic E-state index is 0.233. The molecule has 0 aromatic carbocycles. The molecule has 0 bridgehead atoms. The van der Waals surface area contributed by atoms with Crippen molar-refractivity contribution in [2.24, 2.45) is 5.92 Å². The zero-order chi connectivity index (χ0) is 9.40. The summed E-state index contributed by atoms with van der Waals surface area (Å²) in [6.07, 6.45) is 0. The maximum atomic E-state index is 8.77. The van der Waals surface area contributed by atoms with E-state index in [0.717, 1.165) is 26.2 Å². The summed E-state index contributed by atoms with van der Waals surface area (Å²) >= 11 is 0. The SMILES string of the molecule is COCCN(CCO)CC(C)C. The lowest BCUT2D eigenvalue weighted by Gasteiger charge is -2.22. The van der Waals surface area contributed by atoms with E-state index >= 15 is 0 Å². The van der Waals surface area contributed by atoms with E-state index in [1.165, 1.54) is 0 Å². The molecular formula is C9H21NO2. The van der Waals surface area contributed by atoms with Crippen LogP contribution in [0.15, 0.2) is 0 Å². The highest BCUT2D eigenvalue weighted by Gasteiger charge is 2.05. The molecule has 12 heavy (non-hydrogen) atoms. The molecule has 0 aliphatic carbocycles. The Balaban J connectivity index is 3.54. The highest BCUT2D eigenvalue weighted by Crippen LogP contribution is 1.97. The molecule has 0 saturated heterocycles. The summed E-state index contributed by atoms with van der Waals surface area (Å²) in [4.78, 5) is 2.22. The maximum Gasteiger partial charge on any atom is 0.0589 e. The molecule has 0 aromatic heterocycles. The average molecular weight is 175 g/mol. The Labute approximate surface area is 75.3 Å². The number of rotatable bonds is 7. The lowest BCUT2D eigenvalue weighted by molar-refractivity contribution is 0.123. The van der Waals surface area contributed by atoms with Gasteiger partial charge in [0.2, 0.25) is 0 Å². The van der Waals surface area contributed by atoms with Crippen LogP contribution in [0.2, 0.25) is 0 Å². The van der Waals surface area contributed by atoms with Gasteiger partial charge in [0.05, 0.1) is 13.2 Å². The second kappa shape index (κ2) is 7.53. The van der Waals surface area contributed by atoms with Crippen LogP contribution in [0, 0.1) is 5.92 Å². The van der Waals surface area contributed by atoms with Crippen LogP contribution >= 0.6 is 0 Å². The van der Waals surface area contributed by atoms with Crippen molar-refractivity contribution in [3.05, 3.63) is 0 Å². The molecule has 0 aliphatic heterocycles. The molecule has 0 atom stereocenters. The Morgan fingerprint density at radius 3 is 2.42 bits per heavy atom. The first-order chi connectivity index (χ1) is 5.70. The number of ether oxygens (including phenoxy) is 1. The van der Waals surface area contributed by atoms with Crippen LogP contribution in [0.1, 0.15) is 13.8 Å². The number of hydrogen-bond donors (Lipinski definition) is 1. The molecule has 0 fully saturated rings. The molecule has 0 aromatic rings. The summed E-state index contributed by atoms with van der Waals surface area (Å²) in [5, 5.41) is 8.77. The van der Waals surface area contributed by atoms with Gasteiger partial charge in [-0.1, -0.05) is 13.8 Å². The van der Waals surface area contributed by atoms with Crippen molar-refractivity contribution < 1.29 is 9.84 Å². The third-order valence-electron chi connectivity index (χ3n) is 1.65. The van der Waals surface area contributed by atoms with Crippen molar-refractivity contribution in [2.75, 3.05) is 40.0 Å². The molecular weight excluding hydrogens is 154 g/mol. The fourth-order valence-electron chi connectivity index (χ4n) is 1.17. The average Bonchev–Trinajstić information content (AvgIpc) is 2.00. The first kappa shape index (κ1) is 11.9. The zero-order valence-corrected chi connectivity index (χ0v) is 8.42. The quantitative estimate of drug-likeness (QED) is 0.614. The largest absolute Gasteiger partial charge is 0.395 e. The molecule has 0 amide bonds. The van der Waals surface area contributed by atoms with Crippen LogP contribution in [0.3, 0.4) is 0 Å². The Morgan fingerprint density at radius 1 is 1.33 bits per heavy atom. The molecule has 3 nitrogen and oxygen atoms in total. The van der Waals surface area contributed by atoms with E-state index in [1.54, 1.807) is 7.11 Å². The van der Waals surface area contributed by atoms with Crippen LogP contribution in [0.25, 0.3) is 0 Å². The summed E-state index contributed by atoms with van der Waals surface area (Å²) in [6, 6.07) is 0. The molecule has 0 heterocycles. The van der Waals surface area contributed by atoms with E-state index in [1.807, 2.05) is 0 Å². The summed E-state index contributed by atoms with van der Waals surface area (Å²) in [5.74, 6) is 0.647. The molecule has 0 aliphatic rings. The topological polar surface area (TPSA) is 32.7 Å². The summed E-state index contributed by atoms with van der Waals surface area (Å²) in [5.41, 5.74) is 0. The van der Waals surface area contributed by atoms with E-state index in [4.69, 9.17) is 9.84 Å². The van der Waals surface area contributed by atoms with Crippen LogP contribution in [-0.2, 0) is 4.74 Å². The van der Waals surface area contributed by atoms with Crippen molar-refractivity contribution in [3.63, 3.8) is 0 Å². The minimum Gasteiger partial charge on any atom is -0.395 e. The molecule has 74 valence electrons. The maximum absolute atomic E-state index is 8.77. The Bertz CT molecular complexity index is 96.5. The second-order valence-electron chi connectivity index (χ2n) is 3.41. The van der Waals surface area contributed by atoms with Crippen molar-refractivity contribution in [1.29, 1.82) is 0 Å². The summed E-state index contributed by atoms with van der Waals surface area (Å²) in [7, 11) is 1.70. The molecule has 0 spiro atoms. The first-order valence-electron chi connectivity index (χ1n) is 4.52. The zero-order valence-electron chi connectivity index (χ0n) is 8.42. The van der Waals surface area contributed by atoms with E-state index in [9.17, 15) is 0 Å². The number of hydrogen-bond acceptors (Lipinski definition) is 3. The fourth-order valence-corrected chi connectivity index (χ4v) is 1.17. The van der Waals surface area contributed by atoms with Gasteiger partial charge in [0.1, 0.15) is 0 Å². The molecule has 3 heteroatoms. The Hall–Kier alpha value is -0.120. The van der Waals surface area contributed by atoms with Gasteiger partial charge in [-0.2, -0.15) is 0 Å². The van der Waals surface area contributed by atoms with Crippen molar-refractivity contribution >= 4 is 0 Å².